The van der Waals surface area contributed by atoms with E-state index in [1.54, 1.807) is 6.92 Å². The fraction of sp³-hybridized carbons (Fsp3) is 0.778. The predicted molar refractivity (Wildman–Crippen MR) is 47.4 cm³/mol. The standard InChI is InChI=1S/C9H12F2N2O/c1-6-12-7(14)8(13-6)2-4-9(10,11)5-3-8/h2-5H2,1H3,(H,12,13,14). The lowest BCUT2D eigenvalue weighted by Gasteiger charge is -2.32. The number of alkyl halides is 2. The molecule has 1 aliphatic heterocycles. The molecule has 1 fully saturated rings. The fourth-order valence-electron chi connectivity index (χ4n) is 2.05. The number of halogens is 2. The largest absolute Gasteiger partial charge is 0.313 e. The van der Waals surface area contributed by atoms with Crippen LogP contribution in [0.2, 0.25) is 0 Å². The van der Waals surface area contributed by atoms with Crippen molar-refractivity contribution in [1.82, 2.24) is 5.32 Å². The zero-order valence-electron chi connectivity index (χ0n) is 7.94. The van der Waals surface area contributed by atoms with Gasteiger partial charge in [0.05, 0.1) is 0 Å². The molecular weight excluding hydrogens is 190 g/mol. The molecule has 2 rings (SSSR count). The molecule has 0 aromatic carbocycles. The maximum atomic E-state index is 12.9. The van der Waals surface area contributed by atoms with Gasteiger partial charge in [-0.05, 0) is 19.8 Å². The molecule has 78 valence electrons. The summed E-state index contributed by atoms with van der Waals surface area (Å²) in [4.78, 5) is 15.7. The van der Waals surface area contributed by atoms with Crippen LogP contribution < -0.4 is 5.32 Å². The maximum Gasteiger partial charge on any atom is 0.253 e. The van der Waals surface area contributed by atoms with Gasteiger partial charge in [-0.15, -0.1) is 0 Å². The predicted octanol–water partition coefficient (Wildman–Crippen LogP) is 1.48. The van der Waals surface area contributed by atoms with Gasteiger partial charge in [0.2, 0.25) is 5.92 Å². The number of rotatable bonds is 0. The highest BCUT2D eigenvalue weighted by atomic mass is 19.3. The number of amidine groups is 1. The molecule has 3 nitrogen and oxygen atoms in total. The van der Waals surface area contributed by atoms with E-state index in [0.29, 0.717) is 5.84 Å². The molecule has 0 aromatic rings. The molecular formula is C9H12F2N2O. The van der Waals surface area contributed by atoms with E-state index >= 15 is 0 Å². The van der Waals surface area contributed by atoms with Crippen molar-refractivity contribution in [2.75, 3.05) is 0 Å². The molecule has 1 N–H and O–H groups in total. The summed E-state index contributed by atoms with van der Waals surface area (Å²) in [5.41, 5.74) is -0.883. The zero-order valence-corrected chi connectivity index (χ0v) is 7.94. The third-order valence-corrected chi connectivity index (χ3v) is 2.91. The molecule has 1 amide bonds. The molecule has 1 aliphatic carbocycles. The lowest BCUT2D eigenvalue weighted by molar-refractivity contribution is -0.128. The summed E-state index contributed by atoms with van der Waals surface area (Å²) in [6.45, 7) is 1.68. The molecule has 5 heteroatoms. The van der Waals surface area contributed by atoms with Crippen molar-refractivity contribution in [2.24, 2.45) is 4.99 Å². The van der Waals surface area contributed by atoms with E-state index in [2.05, 4.69) is 10.3 Å². The number of hydrogen-bond acceptors (Lipinski definition) is 2. The van der Waals surface area contributed by atoms with Crippen LogP contribution in [0.25, 0.3) is 0 Å². The van der Waals surface area contributed by atoms with Crippen LogP contribution >= 0.6 is 0 Å². The van der Waals surface area contributed by atoms with Crippen LogP contribution in [0.4, 0.5) is 8.78 Å². The molecule has 1 spiro atoms. The number of hydrogen-bond donors (Lipinski definition) is 1. The first kappa shape index (κ1) is 9.55. The third-order valence-electron chi connectivity index (χ3n) is 2.91. The molecule has 0 unspecified atom stereocenters. The molecule has 14 heavy (non-hydrogen) atoms. The number of aliphatic imine (C=N–C) groups is 1. The number of nitrogens with one attached hydrogen (secondary N) is 1. The monoisotopic (exact) mass is 202 g/mol. The highest BCUT2D eigenvalue weighted by Gasteiger charge is 2.50. The van der Waals surface area contributed by atoms with Crippen LogP contribution in [0, 0.1) is 0 Å². The second kappa shape index (κ2) is 2.74. The molecule has 2 aliphatic rings. The minimum Gasteiger partial charge on any atom is -0.313 e. The molecule has 1 saturated carbocycles. The Morgan fingerprint density at radius 2 is 1.86 bits per heavy atom. The second-order valence-electron chi connectivity index (χ2n) is 4.04. The van der Waals surface area contributed by atoms with Gasteiger partial charge >= 0.3 is 0 Å². The Labute approximate surface area is 80.6 Å². The highest BCUT2D eigenvalue weighted by molar-refractivity contribution is 6.07. The topological polar surface area (TPSA) is 41.5 Å². The van der Waals surface area contributed by atoms with Gasteiger partial charge in [-0.2, -0.15) is 0 Å². The Morgan fingerprint density at radius 3 is 2.29 bits per heavy atom. The van der Waals surface area contributed by atoms with Gasteiger partial charge in [-0.25, -0.2) is 8.78 Å². The first-order valence-electron chi connectivity index (χ1n) is 4.69. The van der Waals surface area contributed by atoms with Gasteiger partial charge in [-0.1, -0.05) is 0 Å². The number of carbonyl (C=O) groups excluding carboxylic acids is 1. The summed E-state index contributed by atoms with van der Waals surface area (Å²) < 4.78 is 25.8. The second-order valence-corrected chi connectivity index (χ2v) is 4.04. The molecule has 1 heterocycles. The van der Waals surface area contributed by atoms with Crippen LogP contribution in [0.3, 0.4) is 0 Å². The summed E-state index contributed by atoms with van der Waals surface area (Å²) in [5, 5.41) is 2.57. The van der Waals surface area contributed by atoms with E-state index in [1.807, 2.05) is 0 Å². The van der Waals surface area contributed by atoms with E-state index in [4.69, 9.17) is 0 Å². The normalized spacial score (nSPS) is 28.8. The van der Waals surface area contributed by atoms with E-state index in [9.17, 15) is 13.6 Å². The van der Waals surface area contributed by atoms with Crippen LogP contribution in [-0.4, -0.2) is 23.2 Å². The summed E-state index contributed by atoms with van der Waals surface area (Å²) in [7, 11) is 0. The fourth-order valence-corrected chi connectivity index (χ4v) is 2.05. The first-order chi connectivity index (χ1) is 6.44. The molecule has 0 saturated heterocycles. The first-order valence-corrected chi connectivity index (χ1v) is 4.69. The SMILES string of the molecule is CC1=NC2(CCC(F)(F)CC2)C(=O)N1. The lowest BCUT2D eigenvalue weighted by atomic mass is 9.80. The van der Waals surface area contributed by atoms with Gasteiger partial charge in [-0.3, -0.25) is 9.79 Å². The van der Waals surface area contributed by atoms with Crippen LogP contribution in [0.5, 0.6) is 0 Å². The van der Waals surface area contributed by atoms with Gasteiger partial charge in [0.15, 0.2) is 0 Å². The van der Waals surface area contributed by atoms with Gasteiger partial charge < -0.3 is 5.32 Å². The van der Waals surface area contributed by atoms with Gasteiger partial charge in [0, 0.05) is 12.8 Å². The minimum absolute atomic E-state index is 0.156. The van der Waals surface area contributed by atoms with Crippen LogP contribution in [0.1, 0.15) is 32.6 Å². The average molecular weight is 202 g/mol. The smallest absolute Gasteiger partial charge is 0.253 e. The summed E-state index contributed by atoms with van der Waals surface area (Å²) in [6.07, 6.45) is -0.166. The van der Waals surface area contributed by atoms with Gasteiger partial charge in [0.25, 0.3) is 5.91 Å². The quantitative estimate of drug-likeness (QED) is 0.635. The summed E-state index contributed by atoms with van der Waals surface area (Å²) >= 11 is 0. The molecule has 0 aromatic heterocycles. The van der Waals surface area contributed by atoms with Crippen molar-refractivity contribution < 1.29 is 13.6 Å². The number of nitrogens with zero attached hydrogens (tertiary/aromatic N) is 1. The van der Waals surface area contributed by atoms with Crippen molar-refractivity contribution in [3.05, 3.63) is 0 Å². The molecule has 0 bridgehead atoms. The van der Waals surface area contributed by atoms with E-state index in [0.717, 1.165) is 0 Å². The van der Waals surface area contributed by atoms with Crippen molar-refractivity contribution in [3.8, 4) is 0 Å². The third kappa shape index (κ3) is 1.40. The van der Waals surface area contributed by atoms with Crippen molar-refractivity contribution in [3.63, 3.8) is 0 Å². The van der Waals surface area contributed by atoms with E-state index in [1.165, 1.54) is 0 Å². The Kier molecular flexibility index (Phi) is 1.87. The number of carbonyl (C=O) groups is 1. The molecule has 0 radical (unpaired) electrons. The Bertz CT molecular complexity index is 302. The van der Waals surface area contributed by atoms with E-state index in [-0.39, 0.29) is 31.6 Å². The maximum absolute atomic E-state index is 12.9. The Balaban J connectivity index is 2.17. The van der Waals surface area contributed by atoms with Crippen molar-refractivity contribution in [1.29, 1.82) is 0 Å². The van der Waals surface area contributed by atoms with Crippen molar-refractivity contribution >= 4 is 11.7 Å². The van der Waals surface area contributed by atoms with Crippen molar-refractivity contribution in [2.45, 2.75) is 44.1 Å². The number of amides is 1. The van der Waals surface area contributed by atoms with Gasteiger partial charge in [0.1, 0.15) is 11.4 Å². The Hall–Kier alpha value is -1.00. The zero-order chi connectivity index (χ0) is 10.4. The lowest BCUT2D eigenvalue weighted by Crippen LogP contribution is -2.44. The molecule has 0 atom stereocenters. The van der Waals surface area contributed by atoms with E-state index < -0.39 is 11.5 Å². The minimum atomic E-state index is -2.61. The average Bonchev–Trinajstić information content (AvgIpc) is 2.35. The highest BCUT2D eigenvalue weighted by Crippen LogP contribution is 2.41. The summed E-state index contributed by atoms with van der Waals surface area (Å²) in [5.74, 6) is -2.29. The Morgan fingerprint density at radius 1 is 1.29 bits per heavy atom. The van der Waals surface area contributed by atoms with Crippen LogP contribution in [0.15, 0.2) is 4.99 Å². The summed E-state index contributed by atoms with van der Waals surface area (Å²) in [6, 6.07) is 0. The van der Waals surface area contributed by atoms with Crippen LogP contribution in [-0.2, 0) is 4.79 Å².